The molecule has 1 rings (SSSR count). The number of carboxylic acids is 1. The molecule has 0 saturated carbocycles. The third-order valence-electron chi connectivity index (χ3n) is 2.04. The van der Waals surface area contributed by atoms with Gasteiger partial charge in [0.2, 0.25) is 0 Å². The van der Waals surface area contributed by atoms with Crippen LogP contribution in [0.1, 0.15) is 5.56 Å². The molecule has 1 N–H and O–H groups in total. The summed E-state index contributed by atoms with van der Waals surface area (Å²) in [7, 11) is 0. The van der Waals surface area contributed by atoms with Crippen LogP contribution in [0.5, 0.6) is 0 Å². The molecule has 0 atom stereocenters. The Morgan fingerprint density at radius 1 is 1.33 bits per heavy atom. The van der Waals surface area contributed by atoms with Crippen LogP contribution in [0.4, 0.5) is 0 Å². The molecular formula is C12H11NaO2. The number of rotatable bonds is 4. The van der Waals surface area contributed by atoms with Crippen molar-refractivity contribution in [2.75, 3.05) is 0 Å². The van der Waals surface area contributed by atoms with Crippen molar-refractivity contribution in [3.05, 3.63) is 53.6 Å². The van der Waals surface area contributed by atoms with E-state index < -0.39 is 5.97 Å². The number of carboxylic acid groups (broad SMARTS) is 1. The van der Waals surface area contributed by atoms with E-state index in [1.54, 1.807) is 12.2 Å². The van der Waals surface area contributed by atoms with Crippen molar-refractivity contribution in [2.24, 2.45) is 0 Å². The van der Waals surface area contributed by atoms with E-state index in [2.05, 4.69) is 0 Å². The van der Waals surface area contributed by atoms with Gasteiger partial charge in [0.1, 0.15) is 0 Å². The van der Waals surface area contributed by atoms with Crippen molar-refractivity contribution < 1.29 is 9.90 Å². The van der Waals surface area contributed by atoms with Crippen LogP contribution < -0.4 is 0 Å². The van der Waals surface area contributed by atoms with Gasteiger partial charge in [0.15, 0.2) is 0 Å². The first-order valence-corrected chi connectivity index (χ1v) is 6.31. The van der Waals surface area contributed by atoms with Crippen LogP contribution in [0.3, 0.4) is 0 Å². The maximum absolute atomic E-state index is 10.7. The number of aliphatic carboxylic acids is 1. The first-order valence-electron chi connectivity index (χ1n) is 4.89. The molecule has 0 bridgehead atoms. The molecule has 72 valence electrons. The summed E-state index contributed by atoms with van der Waals surface area (Å²) in [5, 5.41) is 8.79. The molecule has 3 heteroatoms. The topological polar surface area (TPSA) is 37.3 Å². The van der Waals surface area contributed by atoms with Crippen LogP contribution >= 0.6 is 0 Å². The minimum absolute atomic E-state index is 0.480. The Hall–Kier alpha value is -0.830. The second kappa shape index (κ2) is 6.62. The van der Waals surface area contributed by atoms with E-state index in [0.717, 1.165) is 33.5 Å². The molecule has 1 aromatic carbocycles. The van der Waals surface area contributed by atoms with Gasteiger partial charge in [-0.1, -0.05) is 0 Å². The standard InChI is InChI=1S/C12H11O2.Na/c1-10(12(13)14)6-5-9-11-7-3-2-4-8-11;/h2-9H,1H2,(H,13,14);. The Morgan fingerprint density at radius 2 is 2.00 bits per heavy atom. The van der Waals surface area contributed by atoms with E-state index in [9.17, 15) is 4.79 Å². The Balaban J connectivity index is 2.70. The van der Waals surface area contributed by atoms with Gasteiger partial charge in [0.25, 0.3) is 0 Å². The molecule has 0 aromatic heterocycles. The summed E-state index contributed by atoms with van der Waals surface area (Å²) in [4.78, 5) is 10.7. The number of benzene rings is 1. The number of allylic oxidation sites excluding steroid dienone is 2. The average Bonchev–Trinajstić information content (AvgIpc) is 2.25. The molecule has 2 nitrogen and oxygen atoms in total. The van der Waals surface area contributed by atoms with Gasteiger partial charge in [-0.05, 0) is 0 Å². The van der Waals surface area contributed by atoms with E-state index in [1.807, 2.05) is 36.4 Å². The summed E-state index contributed by atoms with van der Waals surface area (Å²) in [6.45, 7) is 0. The molecule has 0 aliphatic carbocycles. The van der Waals surface area contributed by atoms with E-state index >= 15 is 0 Å². The second-order valence-corrected chi connectivity index (χ2v) is 3.83. The third kappa shape index (κ3) is 4.47. The van der Waals surface area contributed by atoms with Crippen molar-refractivity contribution in [3.63, 3.8) is 0 Å². The van der Waals surface area contributed by atoms with Crippen molar-refractivity contribution in [1.29, 1.82) is 0 Å². The normalized spacial score (nSPS) is 12.0. The first kappa shape index (κ1) is 12.2. The molecule has 0 unspecified atom stereocenters. The van der Waals surface area contributed by atoms with Crippen LogP contribution in [0.25, 0.3) is 6.08 Å². The van der Waals surface area contributed by atoms with Gasteiger partial charge in [-0.15, -0.1) is 0 Å². The molecule has 0 spiro atoms. The first-order chi connectivity index (χ1) is 7.24. The zero-order chi connectivity index (χ0) is 11.1. The number of carbonyl (C=O) groups is 1. The molecule has 0 aliphatic rings. The van der Waals surface area contributed by atoms with Gasteiger partial charge in [0, 0.05) is 0 Å². The molecular weight excluding hydrogens is 199 g/mol. The SMILES string of the molecule is O=C(O)C(=CC=Cc1ccccc1)[CH2][Na]. The zero-order valence-electron chi connectivity index (χ0n) is 8.68. The monoisotopic (exact) mass is 210 g/mol. The fourth-order valence-electron chi connectivity index (χ4n) is 1.18. The molecule has 0 aliphatic heterocycles. The molecule has 0 fully saturated rings. The van der Waals surface area contributed by atoms with Crippen molar-refractivity contribution in [2.45, 2.75) is 3.67 Å². The predicted molar refractivity (Wildman–Crippen MR) is 61.8 cm³/mol. The van der Waals surface area contributed by atoms with Crippen LogP contribution in [-0.2, 0) is 4.79 Å². The summed E-state index contributed by atoms with van der Waals surface area (Å²) in [6.07, 6.45) is 5.36. The Kier molecular flexibility index (Phi) is 5.40. The van der Waals surface area contributed by atoms with Crippen LogP contribution in [0.15, 0.2) is 48.1 Å². The van der Waals surface area contributed by atoms with Crippen LogP contribution in [0, 0.1) is 0 Å². The summed E-state index contributed by atoms with van der Waals surface area (Å²) in [6, 6.07) is 9.81. The van der Waals surface area contributed by atoms with Gasteiger partial charge in [-0.2, -0.15) is 0 Å². The third-order valence-corrected chi connectivity index (χ3v) is 2.80. The molecule has 1 aromatic rings. The number of hydrogen-bond acceptors (Lipinski definition) is 1. The summed E-state index contributed by atoms with van der Waals surface area (Å²) in [5.41, 5.74) is 1.56. The Bertz CT molecular complexity index is 380. The number of hydrogen-bond donors (Lipinski definition) is 1. The zero-order valence-corrected chi connectivity index (χ0v) is 10.7. The summed E-state index contributed by atoms with van der Waals surface area (Å²) < 4.78 is 0.675. The van der Waals surface area contributed by atoms with Crippen molar-refractivity contribution in [3.8, 4) is 0 Å². The fraction of sp³-hybridized carbons (Fsp3) is 0.0833. The van der Waals surface area contributed by atoms with Gasteiger partial charge in [-0.3, -0.25) is 0 Å². The molecule has 0 amide bonds. The summed E-state index contributed by atoms with van der Waals surface area (Å²) in [5.74, 6) is -0.817. The molecule has 0 heterocycles. The Morgan fingerprint density at radius 3 is 2.53 bits per heavy atom. The van der Waals surface area contributed by atoms with E-state index in [1.165, 1.54) is 0 Å². The molecule has 0 saturated heterocycles. The van der Waals surface area contributed by atoms with E-state index in [-0.39, 0.29) is 0 Å². The molecule has 0 radical (unpaired) electrons. The maximum atomic E-state index is 10.7. The Labute approximate surface area is 107 Å². The van der Waals surface area contributed by atoms with Gasteiger partial charge in [0.05, 0.1) is 0 Å². The van der Waals surface area contributed by atoms with Gasteiger partial charge < -0.3 is 0 Å². The fourth-order valence-corrected chi connectivity index (χ4v) is 1.72. The van der Waals surface area contributed by atoms with Crippen molar-refractivity contribution >= 4 is 40.0 Å². The quantitative estimate of drug-likeness (QED) is 0.470. The van der Waals surface area contributed by atoms with Crippen LogP contribution in [-0.4, -0.2) is 39.0 Å². The average molecular weight is 210 g/mol. The second-order valence-electron chi connectivity index (χ2n) is 3.12. The molecule has 15 heavy (non-hydrogen) atoms. The van der Waals surface area contributed by atoms with Crippen molar-refractivity contribution in [1.82, 2.24) is 0 Å². The predicted octanol–water partition coefficient (Wildman–Crippen LogP) is 2.30. The van der Waals surface area contributed by atoms with Gasteiger partial charge >= 0.3 is 107 Å². The summed E-state index contributed by atoms with van der Waals surface area (Å²) >= 11 is 0.874. The van der Waals surface area contributed by atoms with E-state index in [4.69, 9.17) is 5.11 Å². The minimum atomic E-state index is -0.817. The van der Waals surface area contributed by atoms with Crippen LogP contribution in [0.2, 0.25) is 3.67 Å². The van der Waals surface area contributed by atoms with E-state index in [0.29, 0.717) is 9.24 Å². The van der Waals surface area contributed by atoms with Gasteiger partial charge in [-0.25, -0.2) is 0 Å².